The second kappa shape index (κ2) is 8.31. The summed E-state index contributed by atoms with van der Waals surface area (Å²) in [5.41, 5.74) is 1.64. The fourth-order valence-corrected chi connectivity index (χ4v) is 3.45. The number of para-hydroxylation sites is 1. The number of aromatic amines is 1. The zero-order chi connectivity index (χ0) is 22.0. The SMILES string of the molecule is CCC1NC(=O)N(c2cccc(NC(=O)NCc3cc4ccccc4[nH]c3=O)c2)C1=O. The molecular weight excluding hydrogens is 398 g/mol. The van der Waals surface area contributed by atoms with Crippen molar-refractivity contribution in [1.82, 2.24) is 15.6 Å². The second-order valence-corrected chi connectivity index (χ2v) is 7.15. The minimum atomic E-state index is -0.549. The number of urea groups is 2. The summed E-state index contributed by atoms with van der Waals surface area (Å²) in [4.78, 5) is 52.9. The Balaban J connectivity index is 1.43. The Morgan fingerprint density at radius 2 is 1.87 bits per heavy atom. The van der Waals surface area contributed by atoms with Crippen molar-refractivity contribution in [3.63, 3.8) is 0 Å². The van der Waals surface area contributed by atoms with Gasteiger partial charge in [0.2, 0.25) is 0 Å². The van der Waals surface area contributed by atoms with Gasteiger partial charge in [0, 0.05) is 23.3 Å². The van der Waals surface area contributed by atoms with Crippen LogP contribution in [0.25, 0.3) is 10.9 Å². The standard InChI is InChI=1S/C22H21N5O4/c1-2-17-20(29)27(22(31)26-17)16-8-5-7-15(11-16)24-21(30)23-12-14-10-13-6-3-4-9-18(13)25-19(14)28/h3-11,17H,2,12H2,1H3,(H,25,28)(H,26,31)(H2,23,24,30). The number of rotatable bonds is 5. The van der Waals surface area contributed by atoms with Crippen molar-refractivity contribution in [2.24, 2.45) is 0 Å². The lowest BCUT2D eigenvalue weighted by molar-refractivity contribution is -0.118. The molecule has 1 fully saturated rings. The summed E-state index contributed by atoms with van der Waals surface area (Å²) in [7, 11) is 0. The van der Waals surface area contributed by atoms with Crippen LogP contribution in [0.1, 0.15) is 18.9 Å². The second-order valence-electron chi connectivity index (χ2n) is 7.15. The Bertz CT molecular complexity index is 1240. The van der Waals surface area contributed by atoms with E-state index in [1.807, 2.05) is 31.2 Å². The molecule has 2 aromatic carbocycles. The van der Waals surface area contributed by atoms with E-state index in [4.69, 9.17) is 0 Å². The average molecular weight is 419 g/mol. The molecule has 2 heterocycles. The molecule has 9 heteroatoms. The maximum absolute atomic E-state index is 12.4. The summed E-state index contributed by atoms with van der Waals surface area (Å²) in [5.74, 6) is -0.329. The molecular formula is C22H21N5O4. The zero-order valence-corrected chi connectivity index (χ0v) is 16.8. The van der Waals surface area contributed by atoms with Crippen LogP contribution in [0.3, 0.4) is 0 Å². The summed E-state index contributed by atoms with van der Waals surface area (Å²) >= 11 is 0. The molecule has 9 nitrogen and oxygen atoms in total. The monoisotopic (exact) mass is 419 g/mol. The van der Waals surface area contributed by atoms with Crippen LogP contribution >= 0.6 is 0 Å². The van der Waals surface area contributed by atoms with E-state index in [2.05, 4.69) is 20.9 Å². The number of pyridine rings is 1. The molecule has 3 aromatic rings. The minimum Gasteiger partial charge on any atom is -0.334 e. The Kier molecular flexibility index (Phi) is 5.40. The Hall–Kier alpha value is -4.14. The van der Waals surface area contributed by atoms with Crippen LogP contribution in [0.2, 0.25) is 0 Å². The minimum absolute atomic E-state index is 0.0386. The molecule has 1 saturated heterocycles. The number of anilines is 2. The fraction of sp³-hybridized carbons (Fsp3) is 0.182. The van der Waals surface area contributed by atoms with Gasteiger partial charge in [-0.15, -0.1) is 0 Å². The van der Waals surface area contributed by atoms with Crippen molar-refractivity contribution in [2.45, 2.75) is 25.9 Å². The summed E-state index contributed by atoms with van der Waals surface area (Å²) in [6.07, 6.45) is 0.495. The topological polar surface area (TPSA) is 123 Å². The van der Waals surface area contributed by atoms with Crippen LogP contribution in [0.15, 0.2) is 59.4 Å². The predicted molar refractivity (Wildman–Crippen MR) is 117 cm³/mol. The molecule has 1 aromatic heterocycles. The first-order valence-corrected chi connectivity index (χ1v) is 9.86. The van der Waals surface area contributed by atoms with Gasteiger partial charge in [-0.1, -0.05) is 31.2 Å². The Morgan fingerprint density at radius 1 is 1.06 bits per heavy atom. The van der Waals surface area contributed by atoms with E-state index in [0.29, 0.717) is 23.4 Å². The number of aromatic nitrogens is 1. The van der Waals surface area contributed by atoms with Crippen molar-refractivity contribution in [3.05, 3.63) is 70.5 Å². The van der Waals surface area contributed by atoms with Gasteiger partial charge < -0.3 is 20.9 Å². The third-order valence-corrected chi connectivity index (χ3v) is 5.06. The summed E-state index contributed by atoms with van der Waals surface area (Å²) in [6.45, 7) is 1.85. The highest BCUT2D eigenvalue weighted by atomic mass is 16.2. The molecule has 0 bridgehead atoms. The molecule has 4 N–H and O–H groups in total. The molecule has 1 atom stereocenters. The van der Waals surface area contributed by atoms with E-state index in [0.717, 1.165) is 15.8 Å². The summed E-state index contributed by atoms with van der Waals surface area (Å²) in [5, 5.41) is 8.79. The predicted octanol–water partition coefficient (Wildman–Crippen LogP) is 2.68. The number of nitrogens with zero attached hydrogens (tertiary/aromatic N) is 1. The van der Waals surface area contributed by atoms with Crippen molar-refractivity contribution in [2.75, 3.05) is 10.2 Å². The highest BCUT2D eigenvalue weighted by molar-refractivity contribution is 6.21. The van der Waals surface area contributed by atoms with E-state index in [1.54, 1.807) is 24.3 Å². The summed E-state index contributed by atoms with van der Waals surface area (Å²) in [6, 6.07) is 14.0. The van der Waals surface area contributed by atoms with Gasteiger partial charge in [0.05, 0.1) is 5.69 Å². The van der Waals surface area contributed by atoms with Gasteiger partial charge in [0.15, 0.2) is 0 Å². The van der Waals surface area contributed by atoms with E-state index in [9.17, 15) is 19.2 Å². The van der Waals surface area contributed by atoms with Gasteiger partial charge in [0.25, 0.3) is 11.5 Å². The number of benzene rings is 2. The van der Waals surface area contributed by atoms with Crippen molar-refractivity contribution >= 4 is 40.2 Å². The highest BCUT2D eigenvalue weighted by Gasteiger charge is 2.37. The van der Waals surface area contributed by atoms with Gasteiger partial charge in [-0.05, 0) is 42.1 Å². The van der Waals surface area contributed by atoms with Crippen molar-refractivity contribution in [3.8, 4) is 0 Å². The molecule has 0 radical (unpaired) electrons. The van der Waals surface area contributed by atoms with Crippen LogP contribution in [0.4, 0.5) is 21.0 Å². The number of amides is 5. The number of imide groups is 1. The quantitative estimate of drug-likeness (QED) is 0.475. The third-order valence-electron chi connectivity index (χ3n) is 5.06. The molecule has 1 aliphatic heterocycles. The number of fused-ring (bicyclic) bond motifs is 1. The maximum atomic E-state index is 12.4. The lowest BCUT2D eigenvalue weighted by Gasteiger charge is -2.14. The number of carbonyl (C=O) groups excluding carboxylic acids is 3. The molecule has 1 unspecified atom stereocenters. The molecule has 0 saturated carbocycles. The van der Waals surface area contributed by atoms with E-state index in [1.165, 1.54) is 6.07 Å². The normalized spacial score (nSPS) is 15.8. The van der Waals surface area contributed by atoms with E-state index < -0.39 is 18.1 Å². The average Bonchev–Trinajstić information content (AvgIpc) is 3.05. The first-order valence-electron chi connectivity index (χ1n) is 9.86. The number of carbonyl (C=O) groups is 3. The van der Waals surface area contributed by atoms with Gasteiger partial charge in [-0.25, -0.2) is 14.5 Å². The van der Waals surface area contributed by atoms with Crippen LogP contribution in [0, 0.1) is 0 Å². The van der Waals surface area contributed by atoms with Gasteiger partial charge in [-0.3, -0.25) is 9.59 Å². The third kappa shape index (κ3) is 4.11. The molecule has 31 heavy (non-hydrogen) atoms. The number of hydrogen-bond donors (Lipinski definition) is 4. The van der Waals surface area contributed by atoms with Crippen LogP contribution in [-0.4, -0.2) is 29.0 Å². The highest BCUT2D eigenvalue weighted by Crippen LogP contribution is 2.23. The van der Waals surface area contributed by atoms with Gasteiger partial charge in [-0.2, -0.15) is 0 Å². The van der Waals surface area contributed by atoms with Gasteiger partial charge >= 0.3 is 12.1 Å². The lowest BCUT2D eigenvalue weighted by Crippen LogP contribution is -2.32. The van der Waals surface area contributed by atoms with Gasteiger partial charge in [0.1, 0.15) is 6.04 Å². The largest absolute Gasteiger partial charge is 0.334 e. The number of H-pyrrole nitrogens is 1. The molecule has 158 valence electrons. The molecule has 1 aliphatic rings. The first-order chi connectivity index (χ1) is 15.0. The zero-order valence-electron chi connectivity index (χ0n) is 16.8. The molecule has 5 amide bonds. The number of hydrogen-bond acceptors (Lipinski definition) is 4. The van der Waals surface area contributed by atoms with Crippen LogP contribution < -0.4 is 26.4 Å². The van der Waals surface area contributed by atoms with Crippen molar-refractivity contribution < 1.29 is 14.4 Å². The molecule has 0 spiro atoms. The molecule has 4 rings (SSSR count). The first kappa shape index (κ1) is 20.1. The smallest absolute Gasteiger partial charge is 0.329 e. The fourth-order valence-electron chi connectivity index (χ4n) is 3.45. The lowest BCUT2D eigenvalue weighted by atomic mass is 10.1. The summed E-state index contributed by atoms with van der Waals surface area (Å²) < 4.78 is 0. The van der Waals surface area contributed by atoms with Crippen molar-refractivity contribution in [1.29, 1.82) is 0 Å². The maximum Gasteiger partial charge on any atom is 0.329 e. The van der Waals surface area contributed by atoms with Crippen LogP contribution in [0.5, 0.6) is 0 Å². The Morgan fingerprint density at radius 3 is 2.65 bits per heavy atom. The molecule has 0 aliphatic carbocycles. The van der Waals surface area contributed by atoms with E-state index >= 15 is 0 Å². The Labute approximate surface area is 177 Å². The van der Waals surface area contributed by atoms with Crippen LogP contribution in [-0.2, 0) is 11.3 Å². The number of nitrogens with one attached hydrogen (secondary N) is 4. The van der Waals surface area contributed by atoms with E-state index in [-0.39, 0.29) is 18.0 Å².